The molecule has 0 radical (unpaired) electrons. The Labute approximate surface area is 103 Å². The van der Waals surface area contributed by atoms with Gasteiger partial charge in [0.15, 0.2) is 0 Å². The molecule has 1 atom stereocenters. The van der Waals surface area contributed by atoms with Crippen molar-refractivity contribution >= 4 is 11.9 Å². The Morgan fingerprint density at radius 1 is 1.24 bits per heavy atom. The number of hydrogen-bond donors (Lipinski definition) is 0. The van der Waals surface area contributed by atoms with Crippen LogP contribution in [0.5, 0.6) is 0 Å². The first-order valence-corrected chi connectivity index (χ1v) is 5.59. The first-order chi connectivity index (χ1) is 7.65. The first kappa shape index (κ1) is 15.7. The quantitative estimate of drug-likeness (QED) is 0.549. The van der Waals surface area contributed by atoms with Gasteiger partial charge in [-0.25, -0.2) is 0 Å². The summed E-state index contributed by atoms with van der Waals surface area (Å²) in [7, 11) is 1.31. The van der Waals surface area contributed by atoms with Crippen LogP contribution in [0.1, 0.15) is 40.5 Å². The average Bonchev–Trinajstić information content (AvgIpc) is 2.11. The van der Waals surface area contributed by atoms with Crippen molar-refractivity contribution in [2.75, 3.05) is 7.11 Å². The minimum atomic E-state index is -0.541. The zero-order valence-electron chi connectivity index (χ0n) is 11.3. The van der Waals surface area contributed by atoms with Crippen molar-refractivity contribution in [3.63, 3.8) is 0 Å². The molecular weight excluding hydrogens is 220 g/mol. The van der Waals surface area contributed by atoms with Crippen molar-refractivity contribution in [3.05, 3.63) is 12.2 Å². The topological polar surface area (TPSA) is 52.6 Å². The number of esters is 2. The van der Waals surface area contributed by atoms with Crippen molar-refractivity contribution < 1.29 is 19.1 Å². The van der Waals surface area contributed by atoms with Gasteiger partial charge in [0.1, 0.15) is 5.60 Å². The van der Waals surface area contributed by atoms with Crippen molar-refractivity contribution in [2.24, 2.45) is 5.92 Å². The van der Waals surface area contributed by atoms with Crippen molar-refractivity contribution in [1.82, 2.24) is 0 Å². The number of ether oxygens (including phenoxy) is 2. The summed E-state index contributed by atoms with van der Waals surface area (Å²) >= 11 is 0. The third-order valence-electron chi connectivity index (χ3n) is 1.96. The Hall–Kier alpha value is -1.32. The molecule has 4 nitrogen and oxygen atoms in total. The monoisotopic (exact) mass is 242 g/mol. The lowest BCUT2D eigenvalue weighted by Crippen LogP contribution is -2.27. The molecule has 0 heterocycles. The van der Waals surface area contributed by atoms with E-state index in [1.807, 2.05) is 6.92 Å². The minimum absolute atomic E-state index is 0.0246. The SMILES string of the molecule is C=C(C)C[C@H](CC(=O)OC(C)(C)C)C(=O)OC. The van der Waals surface area contributed by atoms with E-state index in [-0.39, 0.29) is 6.42 Å². The molecule has 0 aliphatic carbocycles. The fourth-order valence-corrected chi connectivity index (χ4v) is 1.41. The van der Waals surface area contributed by atoms with E-state index in [1.165, 1.54) is 7.11 Å². The van der Waals surface area contributed by atoms with E-state index < -0.39 is 23.5 Å². The van der Waals surface area contributed by atoms with E-state index in [1.54, 1.807) is 20.8 Å². The molecular formula is C13H22O4. The van der Waals surface area contributed by atoms with Crippen LogP contribution >= 0.6 is 0 Å². The second kappa shape index (κ2) is 6.42. The molecule has 0 aromatic rings. The summed E-state index contributed by atoms with van der Waals surface area (Å²) in [6.45, 7) is 10.9. The summed E-state index contributed by atoms with van der Waals surface area (Å²) in [6, 6.07) is 0. The van der Waals surface area contributed by atoms with E-state index in [0.29, 0.717) is 6.42 Å². The minimum Gasteiger partial charge on any atom is -0.469 e. The van der Waals surface area contributed by atoms with Crippen LogP contribution in [0.2, 0.25) is 0 Å². The number of hydrogen-bond acceptors (Lipinski definition) is 4. The van der Waals surface area contributed by atoms with E-state index in [4.69, 9.17) is 4.74 Å². The van der Waals surface area contributed by atoms with Crippen LogP contribution in [0, 0.1) is 5.92 Å². The van der Waals surface area contributed by atoms with Gasteiger partial charge in [0, 0.05) is 0 Å². The van der Waals surface area contributed by atoms with E-state index in [2.05, 4.69) is 11.3 Å². The van der Waals surface area contributed by atoms with Gasteiger partial charge in [-0.3, -0.25) is 9.59 Å². The number of methoxy groups -OCH3 is 1. The second-order valence-corrected chi connectivity index (χ2v) is 5.17. The maximum atomic E-state index is 11.6. The summed E-state index contributed by atoms with van der Waals surface area (Å²) in [5.41, 5.74) is 0.296. The fraction of sp³-hybridized carbons (Fsp3) is 0.692. The number of rotatable bonds is 5. The summed E-state index contributed by atoms with van der Waals surface area (Å²) in [5.74, 6) is -1.31. The van der Waals surface area contributed by atoms with Crippen LogP contribution in [0.3, 0.4) is 0 Å². The summed E-state index contributed by atoms with van der Waals surface area (Å²) in [5, 5.41) is 0. The third kappa shape index (κ3) is 7.55. The van der Waals surface area contributed by atoms with Gasteiger partial charge in [0.25, 0.3) is 0 Å². The van der Waals surface area contributed by atoms with Gasteiger partial charge in [-0.1, -0.05) is 5.57 Å². The molecule has 0 aliphatic rings. The van der Waals surface area contributed by atoms with Crippen LogP contribution in [0.25, 0.3) is 0 Å². The fourth-order valence-electron chi connectivity index (χ4n) is 1.41. The molecule has 0 unspecified atom stereocenters. The lowest BCUT2D eigenvalue weighted by atomic mass is 9.97. The lowest BCUT2D eigenvalue weighted by molar-refractivity contribution is -0.160. The molecule has 0 spiro atoms. The van der Waals surface area contributed by atoms with Crippen LogP contribution in [0.15, 0.2) is 12.2 Å². The predicted octanol–water partition coefficient (Wildman–Crippen LogP) is 2.47. The molecule has 17 heavy (non-hydrogen) atoms. The van der Waals surface area contributed by atoms with E-state index in [0.717, 1.165) is 5.57 Å². The Bertz CT molecular complexity index is 299. The molecule has 0 rings (SSSR count). The second-order valence-electron chi connectivity index (χ2n) is 5.17. The van der Waals surface area contributed by atoms with Crippen molar-refractivity contribution in [2.45, 2.75) is 46.1 Å². The van der Waals surface area contributed by atoms with Gasteiger partial charge in [-0.05, 0) is 34.1 Å². The molecule has 0 fully saturated rings. The molecule has 0 aromatic heterocycles. The highest BCUT2D eigenvalue weighted by Crippen LogP contribution is 2.18. The zero-order chi connectivity index (χ0) is 13.6. The Morgan fingerprint density at radius 3 is 2.12 bits per heavy atom. The molecule has 0 bridgehead atoms. The summed E-state index contributed by atoms with van der Waals surface area (Å²) < 4.78 is 9.82. The molecule has 0 aromatic carbocycles. The first-order valence-electron chi connectivity index (χ1n) is 5.59. The molecule has 0 amide bonds. The average molecular weight is 242 g/mol. The van der Waals surface area contributed by atoms with Gasteiger partial charge in [0.2, 0.25) is 0 Å². The van der Waals surface area contributed by atoms with Crippen LogP contribution in [0.4, 0.5) is 0 Å². The Morgan fingerprint density at radius 2 is 1.76 bits per heavy atom. The summed E-state index contributed by atoms with van der Waals surface area (Å²) in [4.78, 5) is 23.1. The molecule has 4 heteroatoms. The van der Waals surface area contributed by atoms with Gasteiger partial charge in [0.05, 0.1) is 19.4 Å². The van der Waals surface area contributed by atoms with Gasteiger partial charge < -0.3 is 9.47 Å². The zero-order valence-corrected chi connectivity index (χ0v) is 11.3. The number of carbonyl (C=O) groups is 2. The molecule has 0 saturated heterocycles. The third-order valence-corrected chi connectivity index (χ3v) is 1.96. The summed E-state index contributed by atoms with van der Waals surface area (Å²) in [6.07, 6.45) is 0.461. The highest BCUT2D eigenvalue weighted by molar-refractivity contribution is 5.80. The molecule has 98 valence electrons. The number of allylic oxidation sites excluding steroid dienone is 1. The Kier molecular flexibility index (Phi) is 5.93. The smallest absolute Gasteiger partial charge is 0.309 e. The number of carbonyl (C=O) groups excluding carboxylic acids is 2. The van der Waals surface area contributed by atoms with Crippen LogP contribution in [-0.4, -0.2) is 24.6 Å². The maximum Gasteiger partial charge on any atom is 0.309 e. The van der Waals surface area contributed by atoms with Crippen molar-refractivity contribution in [1.29, 1.82) is 0 Å². The van der Waals surface area contributed by atoms with Crippen LogP contribution in [-0.2, 0) is 19.1 Å². The van der Waals surface area contributed by atoms with Crippen molar-refractivity contribution in [3.8, 4) is 0 Å². The maximum absolute atomic E-state index is 11.6. The molecule has 0 saturated carbocycles. The normalized spacial score (nSPS) is 12.8. The standard InChI is InChI=1S/C13H22O4/c1-9(2)7-10(12(15)16-6)8-11(14)17-13(3,4)5/h10H,1,7-8H2,2-6H3/t10-/m1/s1. The largest absolute Gasteiger partial charge is 0.469 e. The predicted molar refractivity (Wildman–Crippen MR) is 65.4 cm³/mol. The highest BCUT2D eigenvalue weighted by atomic mass is 16.6. The lowest BCUT2D eigenvalue weighted by Gasteiger charge is -2.21. The highest BCUT2D eigenvalue weighted by Gasteiger charge is 2.25. The van der Waals surface area contributed by atoms with Gasteiger partial charge in [-0.15, -0.1) is 6.58 Å². The van der Waals surface area contributed by atoms with Gasteiger partial charge in [-0.2, -0.15) is 0 Å². The molecule has 0 aliphatic heterocycles. The van der Waals surface area contributed by atoms with Crippen LogP contribution < -0.4 is 0 Å². The molecule has 0 N–H and O–H groups in total. The Balaban J connectivity index is 4.48. The van der Waals surface area contributed by atoms with E-state index >= 15 is 0 Å². The van der Waals surface area contributed by atoms with E-state index in [9.17, 15) is 9.59 Å². The van der Waals surface area contributed by atoms with Gasteiger partial charge >= 0.3 is 11.9 Å².